The van der Waals surface area contributed by atoms with Gasteiger partial charge in [-0.05, 0) is 37.1 Å². The quantitative estimate of drug-likeness (QED) is 0.754. The van der Waals surface area contributed by atoms with Crippen LogP contribution in [-0.4, -0.2) is 33.3 Å². The van der Waals surface area contributed by atoms with Gasteiger partial charge < -0.3 is 5.32 Å². The zero-order chi connectivity index (χ0) is 14.5. The van der Waals surface area contributed by atoms with E-state index in [1.807, 2.05) is 0 Å². The van der Waals surface area contributed by atoms with Crippen molar-refractivity contribution in [3.8, 4) is 0 Å². The average Bonchev–Trinajstić information content (AvgIpc) is 2.28. The third kappa shape index (κ3) is 6.23. The van der Waals surface area contributed by atoms with E-state index in [4.69, 9.17) is 0 Å². The number of rotatable bonds is 7. The van der Waals surface area contributed by atoms with Crippen molar-refractivity contribution < 1.29 is 8.42 Å². The minimum absolute atomic E-state index is 0.128. The van der Waals surface area contributed by atoms with Crippen molar-refractivity contribution >= 4 is 10.0 Å². The van der Waals surface area contributed by atoms with Crippen LogP contribution in [0.5, 0.6) is 0 Å². The second kappa shape index (κ2) is 7.60. The van der Waals surface area contributed by atoms with Gasteiger partial charge in [0.15, 0.2) is 0 Å². The van der Waals surface area contributed by atoms with Crippen LogP contribution in [0.2, 0.25) is 0 Å². The van der Waals surface area contributed by atoms with Gasteiger partial charge in [-0.2, -0.15) is 0 Å². The molecule has 0 bridgehead atoms. The van der Waals surface area contributed by atoms with Gasteiger partial charge in [0.25, 0.3) is 0 Å². The molecule has 1 aliphatic heterocycles. The fraction of sp³-hybridized carbons (Fsp3) is 1.00. The summed E-state index contributed by atoms with van der Waals surface area (Å²) in [7, 11) is -3.16. The normalized spacial score (nSPS) is 21.5. The molecule has 114 valence electrons. The molecule has 1 rings (SSSR count). The van der Waals surface area contributed by atoms with Gasteiger partial charge in [0.1, 0.15) is 0 Å². The Morgan fingerprint density at radius 1 is 1.16 bits per heavy atom. The maximum Gasteiger partial charge on any atom is 0.213 e. The second-order valence-corrected chi connectivity index (χ2v) is 8.28. The highest BCUT2D eigenvalue weighted by Gasteiger charge is 2.23. The zero-order valence-electron chi connectivity index (χ0n) is 12.8. The molecule has 2 N–H and O–H groups in total. The molecule has 0 amide bonds. The fourth-order valence-electron chi connectivity index (χ4n) is 2.85. The summed E-state index contributed by atoms with van der Waals surface area (Å²) in [6, 6.07) is 0.128. The van der Waals surface area contributed by atoms with Crippen molar-refractivity contribution in [3.05, 3.63) is 0 Å². The van der Waals surface area contributed by atoms with E-state index in [0.29, 0.717) is 24.3 Å². The van der Waals surface area contributed by atoms with Crippen LogP contribution in [0.1, 0.15) is 47.0 Å². The Labute approximate surface area is 118 Å². The minimum Gasteiger partial charge on any atom is -0.313 e. The largest absolute Gasteiger partial charge is 0.313 e. The van der Waals surface area contributed by atoms with Crippen molar-refractivity contribution in [2.45, 2.75) is 53.0 Å². The lowest BCUT2D eigenvalue weighted by molar-refractivity contribution is 0.289. The lowest BCUT2D eigenvalue weighted by Gasteiger charge is -2.26. The van der Waals surface area contributed by atoms with Crippen molar-refractivity contribution in [2.24, 2.45) is 17.8 Å². The molecule has 5 heteroatoms. The predicted octanol–water partition coefficient (Wildman–Crippen LogP) is 1.98. The van der Waals surface area contributed by atoms with Crippen LogP contribution >= 0.6 is 0 Å². The third-order valence-electron chi connectivity index (χ3n) is 4.08. The van der Waals surface area contributed by atoms with E-state index in [9.17, 15) is 8.42 Å². The molecule has 0 aromatic heterocycles. The number of hydrogen-bond donors (Lipinski definition) is 2. The molecule has 19 heavy (non-hydrogen) atoms. The Morgan fingerprint density at radius 2 is 1.79 bits per heavy atom. The van der Waals surface area contributed by atoms with Crippen LogP contribution in [0.25, 0.3) is 0 Å². The summed E-state index contributed by atoms with van der Waals surface area (Å²) in [5, 5.41) is 3.29. The van der Waals surface area contributed by atoms with Gasteiger partial charge in [0, 0.05) is 12.6 Å². The Balaban J connectivity index is 2.45. The van der Waals surface area contributed by atoms with Crippen molar-refractivity contribution in [2.75, 3.05) is 18.8 Å². The van der Waals surface area contributed by atoms with Crippen molar-refractivity contribution in [1.82, 2.24) is 10.0 Å². The van der Waals surface area contributed by atoms with Gasteiger partial charge >= 0.3 is 0 Å². The Morgan fingerprint density at radius 3 is 2.26 bits per heavy atom. The van der Waals surface area contributed by atoms with Crippen LogP contribution in [0.4, 0.5) is 0 Å². The van der Waals surface area contributed by atoms with E-state index < -0.39 is 10.0 Å². The summed E-state index contributed by atoms with van der Waals surface area (Å²) in [5.74, 6) is 1.61. The summed E-state index contributed by atoms with van der Waals surface area (Å²) in [6.07, 6.45) is 3.26. The van der Waals surface area contributed by atoms with Gasteiger partial charge in [-0.1, -0.05) is 34.1 Å². The first-order chi connectivity index (χ1) is 8.82. The number of piperidine rings is 1. The maximum atomic E-state index is 12.1. The molecular weight excluding hydrogens is 260 g/mol. The number of hydrogen-bond acceptors (Lipinski definition) is 3. The molecule has 0 radical (unpaired) electrons. The molecule has 0 aromatic carbocycles. The van der Waals surface area contributed by atoms with Crippen LogP contribution in [0.15, 0.2) is 0 Å². The Kier molecular flexibility index (Phi) is 6.77. The number of sulfonamides is 1. The van der Waals surface area contributed by atoms with Gasteiger partial charge in [-0.15, -0.1) is 0 Å². The highest BCUT2D eigenvalue weighted by Crippen LogP contribution is 2.19. The van der Waals surface area contributed by atoms with Crippen molar-refractivity contribution in [1.29, 1.82) is 0 Å². The summed E-state index contributed by atoms with van der Waals surface area (Å²) >= 11 is 0. The lowest BCUT2D eigenvalue weighted by atomic mass is 9.86. The standard InChI is InChI=1S/C14H30N2O2S/c1-11(2)14(12(3)4)9-16-19(17,18)10-13-7-5-6-8-15-13/h11-16H,5-10H2,1-4H3. The Hall–Kier alpha value is -0.130. The smallest absolute Gasteiger partial charge is 0.213 e. The van der Waals surface area contributed by atoms with E-state index >= 15 is 0 Å². The fourth-order valence-corrected chi connectivity index (χ4v) is 4.23. The summed E-state index contributed by atoms with van der Waals surface area (Å²) < 4.78 is 27.0. The monoisotopic (exact) mass is 290 g/mol. The molecule has 1 heterocycles. The van der Waals surface area contributed by atoms with Gasteiger partial charge in [0.05, 0.1) is 5.75 Å². The molecule has 0 saturated carbocycles. The molecular formula is C14H30N2O2S. The summed E-state index contributed by atoms with van der Waals surface area (Å²) in [4.78, 5) is 0. The average molecular weight is 290 g/mol. The van der Waals surface area contributed by atoms with E-state index in [2.05, 4.69) is 37.7 Å². The molecule has 1 unspecified atom stereocenters. The molecule has 0 aliphatic carbocycles. The van der Waals surface area contributed by atoms with E-state index in [1.54, 1.807) is 0 Å². The SMILES string of the molecule is CC(C)C(CNS(=O)(=O)CC1CCCCN1)C(C)C. The molecule has 0 aromatic rings. The minimum atomic E-state index is -3.16. The van der Waals surface area contributed by atoms with Gasteiger partial charge in [0.2, 0.25) is 10.0 Å². The highest BCUT2D eigenvalue weighted by molar-refractivity contribution is 7.89. The molecule has 4 nitrogen and oxygen atoms in total. The predicted molar refractivity (Wildman–Crippen MR) is 80.6 cm³/mol. The second-order valence-electron chi connectivity index (χ2n) is 6.43. The van der Waals surface area contributed by atoms with E-state index in [-0.39, 0.29) is 11.8 Å². The Bertz CT molecular complexity index is 338. The molecule has 1 saturated heterocycles. The first-order valence-corrected chi connectivity index (χ1v) is 9.17. The van der Waals surface area contributed by atoms with Crippen LogP contribution in [0.3, 0.4) is 0 Å². The zero-order valence-corrected chi connectivity index (χ0v) is 13.6. The van der Waals surface area contributed by atoms with Crippen molar-refractivity contribution in [3.63, 3.8) is 0 Å². The molecule has 1 fully saturated rings. The topological polar surface area (TPSA) is 58.2 Å². The first-order valence-electron chi connectivity index (χ1n) is 7.52. The summed E-state index contributed by atoms with van der Waals surface area (Å²) in [5.41, 5.74) is 0. The van der Waals surface area contributed by atoms with Gasteiger partial charge in [-0.3, -0.25) is 0 Å². The highest BCUT2D eigenvalue weighted by atomic mass is 32.2. The molecule has 0 spiro atoms. The summed E-state index contributed by atoms with van der Waals surface area (Å²) in [6.45, 7) is 10.1. The van der Waals surface area contributed by atoms with E-state index in [1.165, 1.54) is 0 Å². The van der Waals surface area contributed by atoms with Crippen LogP contribution < -0.4 is 10.0 Å². The van der Waals surface area contributed by atoms with E-state index in [0.717, 1.165) is 25.8 Å². The third-order valence-corrected chi connectivity index (χ3v) is 5.53. The number of nitrogens with one attached hydrogen (secondary N) is 2. The first kappa shape index (κ1) is 16.9. The molecule has 1 aliphatic rings. The molecule has 1 atom stereocenters. The maximum absolute atomic E-state index is 12.1. The van der Waals surface area contributed by atoms with Crippen LogP contribution in [0, 0.1) is 17.8 Å². The van der Waals surface area contributed by atoms with Gasteiger partial charge in [-0.25, -0.2) is 13.1 Å². The lowest BCUT2D eigenvalue weighted by Crippen LogP contribution is -2.44. The van der Waals surface area contributed by atoms with Crippen LogP contribution in [-0.2, 0) is 10.0 Å².